The summed E-state index contributed by atoms with van der Waals surface area (Å²) in [6, 6.07) is 59.5. The third kappa shape index (κ3) is 4.61. The van der Waals surface area contributed by atoms with Crippen LogP contribution in [0.3, 0.4) is 0 Å². The van der Waals surface area contributed by atoms with E-state index in [4.69, 9.17) is 5.10 Å². The van der Waals surface area contributed by atoms with Gasteiger partial charge in [-0.3, -0.25) is 0 Å². The molecule has 8 aromatic rings. The van der Waals surface area contributed by atoms with Crippen LogP contribution in [-0.4, -0.2) is 9.61 Å². The van der Waals surface area contributed by atoms with Crippen LogP contribution in [0, 0.1) is 0 Å². The molecule has 0 bridgehead atoms. The molecule has 8 rings (SSSR count). The lowest BCUT2D eigenvalue weighted by atomic mass is 9.97. The summed E-state index contributed by atoms with van der Waals surface area (Å²) >= 11 is 0. The molecule has 0 aliphatic rings. The number of fused-ring (bicyclic) bond motifs is 3. The number of aromatic nitrogens is 2. The van der Waals surface area contributed by atoms with Crippen LogP contribution in [-0.2, 0) is 4.57 Å². The quantitative estimate of drug-likeness (QED) is 0.180. The average molecular weight is 597 g/mol. The summed E-state index contributed by atoms with van der Waals surface area (Å²) in [6.07, 6.45) is 0. The molecule has 0 saturated carbocycles. The highest BCUT2D eigenvalue weighted by Gasteiger charge is 2.30. The Morgan fingerprint density at radius 3 is 1.56 bits per heavy atom. The maximum absolute atomic E-state index is 15.0. The molecule has 0 N–H and O–H groups in total. The molecule has 0 unspecified atom stereocenters. The van der Waals surface area contributed by atoms with E-state index >= 15 is 4.57 Å². The smallest absolute Gasteiger partial charge is 0.171 e. The van der Waals surface area contributed by atoms with Gasteiger partial charge >= 0.3 is 0 Å². The first kappa shape index (κ1) is 27.1. The molecule has 0 amide bonds. The third-order valence-electron chi connectivity index (χ3n) is 8.50. The number of rotatable bonds is 6. The Morgan fingerprint density at radius 2 is 0.956 bits per heavy atom. The summed E-state index contributed by atoms with van der Waals surface area (Å²) in [5, 5.41) is 10.1. The van der Waals surface area contributed by atoms with Gasteiger partial charge in [0.1, 0.15) is 5.69 Å². The van der Waals surface area contributed by atoms with Gasteiger partial charge in [-0.15, -0.1) is 0 Å². The summed E-state index contributed by atoms with van der Waals surface area (Å²) in [4.78, 5) is 0. The average Bonchev–Trinajstić information content (AvgIpc) is 3.54. The van der Waals surface area contributed by atoms with Gasteiger partial charge in [-0.2, -0.15) is 5.10 Å². The second-order valence-corrected chi connectivity index (χ2v) is 13.9. The van der Waals surface area contributed by atoms with Gasteiger partial charge in [0, 0.05) is 38.0 Å². The summed E-state index contributed by atoms with van der Waals surface area (Å²) in [5.74, 6) is 0. The van der Waals surface area contributed by atoms with Crippen LogP contribution in [0.25, 0.3) is 49.9 Å². The molecular weight excluding hydrogens is 567 g/mol. The molecule has 0 atom stereocenters. The molecular formula is C41H29N2OP. The molecule has 0 saturated heterocycles. The molecule has 0 spiro atoms. The Kier molecular flexibility index (Phi) is 6.74. The minimum absolute atomic E-state index is 0.795. The highest BCUT2D eigenvalue weighted by molar-refractivity contribution is 7.85. The highest BCUT2D eigenvalue weighted by atomic mass is 31.2. The van der Waals surface area contributed by atoms with Crippen LogP contribution in [0.4, 0.5) is 0 Å². The molecule has 2 heterocycles. The van der Waals surface area contributed by atoms with Crippen molar-refractivity contribution in [2.45, 2.75) is 0 Å². The number of pyridine rings is 1. The van der Waals surface area contributed by atoms with E-state index in [2.05, 4.69) is 95.5 Å². The number of nitrogens with zero attached hydrogens (tertiary/aromatic N) is 2. The van der Waals surface area contributed by atoms with Gasteiger partial charge in [0.25, 0.3) is 0 Å². The van der Waals surface area contributed by atoms with Crippen molar-refractivity contribution < 1.29 is 4.57 Å². The molecule has 2 aromatic heterocycles. The molecule has 0 aliphatic carbocycles. The van der Waals surface area contributed by atoms with Crippen molar-refractivity contribution in [1.82, 2.24) is 9.61 Å². The standard InChI is InChI=1S/C41H29N2OP/c44-45(34-20-9-3-10-21-34,35-22-11-4-12-23-35)36-27-25-32(26-28-36)40-39(31-17-7-2-8-18-31)41-37-24-14-13-19-33(37)29-38(43(41)42-40)30-15-5-1-6-16-30/h1-29H. The van der Waals surface area contributed by atoms with E-state index in [1.165, 1.54) is 0 Å². The largest absolute Gasteiger partial charge is 0.309 e. The highest BCUT2D eigenvalue weighted by Crippen LogP contribution is 2.44. The predicted octanol–water partition coefficient (Wildman–Crippen LogP) is 9.13. The molecule has 6 aromatic carbocycles. The van der Waals surface area contributed by atoms with E-state index in [0.29, 0.717) is 0 Å². The molecule has 3 nitrogen and oxygen atoms in total. The Hall–Kier alpha value is -5.50. The number of hydrogen-bond acceptors (Lipinski definition) is 2. The van der Waals surface area contributed by atoms with Gasteiger partial charge in [0.05, 0.1) is 11.2 Å². The second-order valence-electron chi connectivity index (χ2n) is 11.2. The molecule has 4 heteroatoms. The fourth-order valence-corrected chi connectivity index (χ4v) is 8.98. The van der Waals surface area contributed by atoms with E-state index in [0.717, 1.165) is 65.8 Å². The molecule has 0 radical (unpaired) electrons. The van der Waals surface area contributed by atoms with Crippen molar-refractivity contribution in [3.05, 3.63) is 176 Å². The van der Waals surface area contributed by atoms with Crippen molar-refractivity contribution in [3.63, 3.8) is 0 Å². The van der Waals surface area contributed by atoms with Crippen LogP contribution in [0.5, 0.6) is 0 Å². The van der Waals surface area contributed by atoms with Crippen LogP contribution >= 0.6 is 7.14 Å². The van der Waals surface area contributed by atoms with Crippen molar-refractivity contribution >= 4 is 39.3 Å². The zero-order valence-corrected chi connectivity index (χ0v) is 25.4. The molecule has 45 heavy (non-hydrogen) atoms. The lowest BCUT2D eigenvalue weighted by Crippen LogP contribution is -2.24. The van der Waals surface area contributed by atoms with Gasteiger partial charge in [0.15, 0.2) is 7.14 Å². The van der Waals surface area contributed by atoms with Gasteiger partial charge < -0.3 is 4.57 Å². The first-order chi connectivity index (χ1) is 22.2. The third-order valence-corrected chi connectivity index (χ3v) is 11.6. The summed E-state index contributed by atoms with van der Waals surface area (Å²) in [7, 11) is -3.09. The normalized spacial score (nSPS) is 11.6. The van der Waals surface area contributed by atoms with Gasteiger partial charge in [-0.25, -0.2) is 4.52 Å². The molecule has 0 aliphatic heterocycles. The zero-order valence-electron chi connectivity index (χ0n) is 24.5. The minimum Gasteiger partial charge on any atom is -0.309 e. The summed E-state index contributed by atoms with van der Waals surface area (Å²) in [5.41, 5.74) is 7.22. The summed E-state index contributed by atoms with van der Waals surface area (Å²) in [6.45, 7) is 0. The van der Waals surface area contributed by atoms with E-state index in [1.54, 1.807) is 0 Å². The maximum atomic E-state index is 15.0. The SMILES string of the molecule is O=P(c1ccccc1)(c1ccccc1)c1ccc(-c2nn3c(-c4ccccc4)cc4ccccc4c3c2-c2ccccc2)cc1. The van der Waals surface area contributed by atoms with Crippen LogP contribution < -0.4 is 15.9 Å². The number of benzene rings is 6. The van der Waals surface area contributed by atoms with Crippen LogP contribution in [0.15, 0.2) is 176 Å². The first-order valence-corrected chi connectivity index (χ1v) is 16.8. The fraction of sp³-hybridized carbons (Fsp3) is 0. The first-order valence-electron chi connectivity index (χ1n) is 15.1. The second kappa shape index (κ2) is 11.2. The Morgan fingerprint density at radius 1 is 0.467 bits per heavy atom. The lowest BCUT2D eigenvalue weighted by Gasteiger charge is -2.20. The summed E-state index contributed by atoms with van der Waals surface area (Å²) < 4.78 is 17.1. The Balaban J connectivity index is 1.38. The van der Waals surface area contributed by atoms with Crippen molar-refractivity contribution in [2.24, 2.45) is 0 Å². The molecule has 214 valence electrons. The van der Waals surface area contributed by atoms with Crippen LogP contribution in [0.1, 0.15) is 0 Å². The van der Waals surface area contributed by atoms with Crippen molar-refractivity contribution in [1.29, 1.82) is 0 Å². The predicted molar refractivity (Wildman–Crippen MR) is 188 cm³/mol. The Bertz CT molecular complexity index is 2270. The van der Waals surface area contributed by atoms with E-state index in [-0.39, 0.29) is 0 Å². The maximum Gasteiger partial charge on any atom is 0.171 e. The zero-order chi connectivity index (χ0) is 30.2. The topological polar surface area (TPSA) is 34.4 Å². The fourth-order valence-electron chi connectivity index (χ4n) is 6.34. The van der Waals surface area contributed by atoms with E-state index < -0.39 is 7.14 Å². The van der Waals surface area contributed by atoms with Gasteiger partial charge in [0.2, 0.25) is 0 Å². The van der Waals surface area contributed by atoms with E-state index in [9.17, 15) is 0 Å². The van der Waals surface area contributed by atoms with Crippen LogP contribution in [0.2, 0.25) is 0 Å². The monoisotopic (exact) mass is 596 g/mol. The van der Waals surface area contributed by atoms with Gasteiger partial charge in [-0.1, -0.05) is 170 Å². The minimum atomic E-state index is -3.09. The van der Waals surface area contributed by atoms with Crippen molar-refractivity contribution in [3.8, 4) is 33.6 Å². The number of hydrogen-bond donors (Lipinski definition) is 0. The van der Waals surface area contributed by atoms with Crippen molar-refractivity contribution in [2.75, 3.05) is 0 Å². The Labute approximate surface area is 262 Å². The van der Waals surface area contributed by atoms with Gasteiger partial charge in [-0.05, 0) is 17.0 Å². The van der Waals surface area contributed by atoms with E-state index in [1.807, 2.05) is 84.9 Å². The lowest BCUT2D eigenvalue weighted by molar-refractivity contribution is 0.592. The molecule has 0 fully saturated rings.